The van der Waals surface area contributed by atoms with Gasteiger partial charge in [0.1, 0.15) is 12.4 Å². The Morgan fingerprint density at radius 3 is 2.81 bits per heavy atom. The van der Waals surface area contributed by atoms with Gasteiger partial charge in [-0.25, -0.2) is 4.39 Å². The first-order valence-corrected chi connectivity index (χ1v) is 5.80. The molecule has 1 aromatic rings. The summed E-state index contributed by atoms with van der Waals surface area (Å²) in [6.45, 7) is 0.729. The van der Waals surface area contributed by atoms with Crippen LogP contribution in [0.1, 0.15) is 30.7 Å². The van der Waals surface area contributed by atoms with Crippen molar-refractivity contribution >= 4 is 5.71 Å². The molecule has 1 saturated carbocycles. The molecule has 2 nitrogen and oxygen atoms in total. The summed E-state index contributed by atoms with van der Waals surface area (Å²) in [5.41, 5.74) is 2.33. The van der Waals surface area contributed by atoms with Gasteiger partial charge in [-0.2, -0.15) is 0 Å². The smallest absolute Gasteiger partial charge is 0.125 e. The predicted octanol–water partition coefficient (Wildman–Crippen LogP) is 3.10. The zero-order valence-corrected chi connectivity index (χ0v) is 9.03. The van der Waals surface area contributed by atoms with Gasteiger partial charge in [0.25, 0.3) is 0 Å². The Morgan fingerprint density at radius 2 is 2.00 bits per heavy atom. The third kappa shape index (κ3) is 1.60. The van der Waals surface area contributed by atoms with E-state index in [4.69, 9.17) is 4.84 Å². The fourth-order valence-electron chi connectivity index (χ4n) is 2.69. The second-order valence-electron chi connectivity index (χ2n) is 4.54. The number of hydrogen-bond donors (Lipinski definition) is 0. The van der Waals surface area contributed by atoms with Crippen LogP contribution in [-0.2, 0) is 4.84 Å². The molecular weight excluding hydrogens is 205 g/mol. The molecule has 84 valence electrons. The van der Waals surface area contributed by atoms with Gasteiger partial charge < -0.3 is 4.84 Å². The summed E-state index contributed by atoms with van der Waals surface area (Å²) in [6, 6.07) is 6.77. The van der Waals surface area contributed by atoms with E-state index >= 15 is 0 Å². The molecule has 2 aliphatic rings. The molecule has 0 aromatic heterocycles. The second kappa shape index (κ2) is 3.89. The third-order valence-corrected chi connectivity index (χ3v) is 3.54. The number of benzene rings is 1. The summed E-state index contributed by atoms with van der Waals surface area (Å²) >= 11 is 0. The van der Waals surface area contributed by atoms with Crippen molar-refractivity contribution in [3.8, 4) is 0 Å². The standard InChI is InChI=1S/C13H14FNO/c14-11-6-4-9(5-7-11)12-3-1-2-10-8-16-15-13(10)12/h4-7,10,12H,1-3,8H2/t10-,12+/m0/s1. The largest absolute Gasteiger partial charge is 0.395 e. The second-order valence-corrected chi connectivity index (χ2v) is 4.54. The van der Waals surface area contributed by atoms with Crippen LogP contribution in [0, 0.1) is 11.7 Å². The van der Waals surface area contributed by atoms with Gasteiger partial charge in [-0.1, -0.05) is 23.7 Å². The van der Waals surface area contributed by atoms with Gasteiger partial charge in [0, 0.05) is 11.8 Å². The molecule has 0 amide bonds. The van der Waals surface area contributed by atoms with E-state index in [9.17, 15) is 4.39 Å². The molecule has 0 unspecified atom stereocenters. The molecule has 1 aliphatic carbocycles. The Kier molecular flexibility index (Phi) is 2.39. The summed E-state index contributed by atoms with van der Waals surface area (Å²) in [6.07, 6.45) is 3.48. The van der Waals surface area contributed by atoms with Crippen LogP contribution in [0.15, 0.2) is 29.4 Å². The topological polar surface area (TPSA) is 21.6 Å². The Hall–Kier alpha value is -1.38. The number of oxime groups is 1. The van der Waals surface area contributed by atoms with Crippen molar-refractivity contribution in [3.05, 3.63) is 35.6 Å². The quantitative estimate of drug-likeness (QED) is 0.711. The molecule has 0 N–H and O–H groups in total. The minimum Gasteiger partial charge on any atom is -0.395 e. The Bertz CT molecular complexity index is 412. The van der Waals surface area contributed by atoms with Crippen LogP contribution in [0.25, 0.3) is 0 Å². The van der Waals surface area contributed by atoms with Gasteiger partial charge in [0.05, 0.1) is 5.71 Å². The van der Waals surface area contributed by atoms with Crippen LogP contribution >= 0.6 is 0 Å². The van der Waals surface area contributed by atoms with Gasteiger partial charge in [0.15, 0.2) is 0 Å². The maximum Gasteiger partial charge on any atom is 0.125 e. The fourth-order valence-corrected chi connectivity index (χ4v) is 2.69. The third-order valence-electron chi connectivity index (χ3n) is 3.54. The maximum absolute atomic E-state index is 12.9. The van der Waals surface area contributed by atoms with Crippen molar-refractivity contribution in [2.45, 2.75) is 25.2 Å². The minimum absolute atomic E-state index is 0.180. The first-order valence-electron chi connectivity index (χ1n) is 5.80. The molecule has 1 aromatic carbocycles. The van der Waals surface area contributed by atoms with Gasteiger partial charge >= 0.3 is 0 Å². The predicted molar refractivity (Wildman–Crippen MR) is 59.9 cm³/mol. The summed E-state index contributed by atoms with van der Waals surface area (Å²) in [7, 11) is 0. The Morgan fingerprint density at radius 1 is 1.19 bits per heavy atom. The van der Waals surface area contributed by atoms with E-state index in [0.717, 1.165) is 24.3 Å². The van der Waals surface area contributed by atoms with Crippen LogP contribution in [0.5, 0.6) is 0 Å². The number of nitrogens with zero attached hydrogens (tertiary/aromatic N) is 1. The van der Waals surface area contributed by atoms with Gasteiger partial charge in [-0.05, 0) is 30.5 Å². The van der Waals surface area contributed by atoms with Gasteiger partial charge in [-0.15, -0.1) is 0 Å². The first kappa shape index (κ1) is 9.82. The summed E-state index contributed by atoms with van der Waals surface area (Å²) in [4.78, 5) is 5.18. The molecular formula is C13H14FNO. The molecule has 0 radical (unpaired) electrons. The summed E-state index contributed by atoms with van der Waals surface area (Å²) in [5.74, 6) is 0.645. The van der Waals surface area contributed by atoms with Crippen LogP contribution in [-0.4, -0.2) is 12.3 Å². The molecule has 1 aliphatic heterocycles. The molecule has 1 heterocycles. The molecule has 0 bridgehead atoms. The number of halogens is 1. The van der Waals surface area contributed by atoms with Crippen molar-refractivity contribution in [3.63, 3.8) is 0 Å². The monoisotopic (exact) mass is 219 g/mol. The normalized spacial score (nSPS) is 28.2. The van der Waals surface area contributed by atoms with E-state index < -0.39 is 0 Å². The van der Waals surface area contributed by atoms with Crippen molar-refractivity contribution in [1.82, 2.24) is 0 Å². The van der Waals surface area contributed by atoms with E-state index in [1.54, 1.807) is 0 Å². The van der Waals surface area contributed by atoms with E-state index in [1.165, 1.54) is 25.0 Å². The molecule has 0 saturated heterocycles. The lowest BCUT2D eigenvalue weighted by molar-refractivity contribution is 0.152. The van der Waals surface area contributed by atoms with Crippen LogP contribution in [0.3, 0.4) is 0 Å². The number of rotatable bonds is 1. The lowest BCUT2D eigenvalue weighted by atomic mass is 9.77. The zero-order chi connectivity index (χ0) is 11.0. The Labute approximate surface area is 94.1 Å². The molecule has 0 spiro atoms. The lowest BCUT2D eigenvalue weighted by Gasteiger charge is -2.25. The SMILES string of the molecule is Fc1ccc([C@H]2CCC[C@H]3CON=C32)cc1. The molecule has 16 heavy (non-hydrogen) atoms. The highest BCUT2D eigenvalue weighted by atomic mass is 19.1. The van der Waals surface area contributed by atoms with Gasteiger partial charge in [-0.3, -0.25) is 0 Å². The number of fused-ring (bicyclic) bond motifs is 1. The first-order chi connectivity index (χ1) is 7.84. The zero-order valence-electron chi connectivity index (χ0n) is 9.03. The molecule has 3 heteroatoms. The highest BCUT2D eigenvalue weighted by molar-refractivity contribution is 5.94. The van der Waals surface area contributed by atoms with Crippen molar-refractivity contribution < 1.29 is 9.23 Å². The van der Waals surface area contributed by atoms with Crippen LogP contribution in [0.4, 0.5) is 4.39 Å². The highest BCUT2D eigenvalue weighted by Gasteiger charge is 2.34. The fraction of sp³-hybridized carbons (Fsp3) is 0.462. The number of hydrogen-bond acceptors (Lipinski definition) is 2. The summed E-state index contributed by atoms with van der Waals surface area (Å²) in [5, 5.41) is 4.16. The molecule has 3 rings (SSSR count). The summed E-state index contributed by atoms with van der Waals surface area (Å²) < 4.78 is 12.9. The van der Waals surface area contributed by atoms with E-state index in [0.29, 0.717) is 11.8 Å². The van der Waals surface area contributed by atoms with E-state index in [2.05, 4.69) is 5.16 Å². The van der Waals surface area contributed by atoms with E-state index in [-0.39, 0.29) is 5.82 Å². The average Bonchev–Trinajstić information content (AvgIpc) is 2.78. The average molecular weight is 219 g/mol. The van der Waals surface area contributed by atoms with Crippen molar-refractivity contribution in [1.29, 1.82) is 0 Å². The molecule has 1 fully saturated rings. The van der Waals surface area contributed by atoms with Crippen LogP contribution in [0.2, 0.25) is 0 Å². The van der Waals surface area contributed by atoms with Crippen molar-refractivity contribution in [2.24, 2.45) is 11.1 Å². The van der Waals surface area contributed by atoms with Gasteiger partial charge in [0.2, 0.25) is 0 Å². The van der Waals surface area contributed by atoms with Crippen molar-refractivity contribution in [2.75, 3.05) is 6.61 Å². The van der Waals surface area contributed by atoms with Crippen LogP contribution < -0.4 is 0 Å². The van der Waals surface area contributed by atoms with E-state index in [1.807, 2.05) is 12.1 Å². The minimum atomic E-state index is -0.180. The maximum atomic E-state index is 12.9. The highest BCUT2D eigenvalue weighted by Crippen LogP contribution is 2.36. The lowest BCUT2D eigenvalue weighted by Crippen LogP contribution is -2.25. The molecule has 2 atom stereocenters. The Balaban J connectivity index is 1.91.